The van der Waals surface area contributed by atoms with Crippen LogP contribution >= 0.6 is 11.3 Å². The zero-order valence-corrected chi connectivity index (χ0v) is 17.1. The van der Waals surface area contributed by atoms with Crippen LogP contribution in [0.3, 0.4) is 0 Å². The molecule has 0 saturated carbocycles. The van der Waals surface area contributed by atoms with Crippen molar-refractivity contribution in [1.29, 1.82) is 0 Å². The van der Waals surface area contributed by atoms with E-state index in [1.54, 1.807) is 17.7 Å². The fourth-order valence-corrected chi connectivity index (χ4v) is 4.52. The van der Waals surface area contributed by atoms with Crippen LogP contribution < -0.4 is 10.2 Å². The van der Waals surface area contributed by atoms with Gasteiger partial charge in [-0.15, -0.1) is 11.3 Å². The van der Waals surface area contributed by atoms with Crippen LogP contribution in [0.25, 0.3) is 10.2 Å². The number of aromatic nitrogens is 2. The Bertz CT molecular complexity index is 978. The molecule has 28 heavy (non-hydrogen) atoms. The lowest BCUT2D eigenvalue weighted by atomic mass is 10.1. The number of piperazine rings is 1. The molecule has 146 valence electrons. The largest absolute Gasteiger partial charge is 0.353 e. The molecular formula is C21H25N5OS. The molecule has 2 aromatic heterocycles. The number of benzene rings is 1. The first-order valence-corrected chi connectivity index (χ1v) is 10.5. The molecule has 1 fully saturated rings. The molecule has 6 nitrogen and oxygen atoms in total. The summed E-state index contributed by atoms with van der Waals surface area (Å²) in [6, 6.07) is 10.2. The minimum atomic E-state index is 0.0484. The molecule has 0 spiro atoms. The fourth-order valence-electron chi connectivity index (χ4n) is 3.68. The summed E-state index contributed by atoms with van der Waals surface area (Å²) < 4.78 is 0. The monoisotopic (exact) mass is 395 g/mol. The van der Waals surface area contributed by atoms with E-state index in [2.05, 4.69) is 51.1 Å². The Labute approximate surface area is 169 Å². The van der Waals surface area contributed by atoms with Gasteiger partial charge in [-0.05, 0) is 31.0 Å². The van der Waals surface area contributed by atoms with Crippen LogP contribution in [0.5, 0.6) is 0 Å². The number of aryl methyl sites for hydroxylation is 2. The number of hydrogen-bond donors (Lipinski definition) is 1. The van der Waals surface area contributed by atoms with Crippen molar-refractivity contribution in [3.63, 3.8) is 0 Å². The summed E-state index contributed by atoms with van der Waals surface area (Å²) in [5.41, 5.74) is 2.09. The van der Waals surface area contributed by atoms with Gasteiger partial charge in [0.05, 0.1) is 11.9 Å². The van der Waals surface area contributed by atoms with E-state index in [0.29, 0.717) is 6.54 Å². The van der Waals surface area contributed by atoms with Crippen LogP contribution in [0.15, 0.2) is 36.7 Å². The van der Waals surface area contributed by atoms with Gasteiger partial charge in [0, 0.05) is 36.7 Å². The summed E-state index contributed by atoms with van der Waals surface area (Å²) in [4.78, 5) is 28.2. The van der Waals surface area contributed by atoms with E-state index >= 15 is 0 Å². The molecule has 1 aliphatic rings. The SMILES string of the molecule is CCc1ccccc1NC(=O)CN1CCN(c2ncnc3sc(C)cc23)CC1. The number of nitrogens with zero attached hydrogens (tertiary/aromatic N) is 4. The summed E-state index contributed by atoms with van der Waals surface area (Å²) in [6.07, 6.45) is 2.56. The number of amides is 1. The summed E-state index contributed by atoms with van der Waals surface area (Å²) >= 11 is 1.70. The fraction of sp³-hybridized carbons (Fsp3) is 0.381. The Morgan fingerprint density at radius 2 is 1.96 bits per heavy atom. The topological polar surface area (TPSA) is 61.4 Å². The molecule has 1 N–H and O–H groups in total. The van der Waals surface area contributed by atoms with Gasteiger partial charge >= 0.3 is 0 Å². The van der Waals surface area contributed by atoms with E-state index in [9.17, 15) is 4.79 Å². The van der Waals surface area contributed by atoms with Crippen LogP contribution in [0.1, 0.15) is 17.4 Å². The van der Waals surface area contributed by atoms with Gasteiger partial charge in [-0.1, -0.05) is 25.1 Å². The number of para-hydroxylation sites is 1. The zero-order chi connectivity index (χ0) is 19.5. The Morgan fingerprint density at radius 3 is 2.75 bits per heavy atom. The van der Waals surface area contributed by atoms with Crippen molar-refractivity contribution in [3.8, 4) is 0 Å². The number of rotatable bonds is 5. The molecule has 1 amide bonds. The van der Waals surface area contributed by atoms with E-state index in [1.165, 1.54) is 10.4 Å². The van der Waals surface area contributed by atoms with Crippen molar-refractivity contribution < 1.29 is 4.79 Å². The number of anilines is 2. The third kappa shape index (κ3) is 4.00. The average Bonchev–Trinajstić information content (AvgIpc) is 3.09. The van der Waals surface area contributed by atoms with Gasteiger partial charge in [0.2, 0.25) is 5.91 Å². The molecule has 1 aliphatic heterocycles. The number of nitrogens with one attached hydrogen (secondary N) is 1. The van der Waals surface area contributed by atoms with Crippen molar-refractivity contribution in [2.45, 2.75) is 20.3 Å². The number of carbonyl (C=O) groups is 1. The number of fused-ring (bicyclic) bond motifs is 1. The van der Waals surface area contributed by atoms with E-state index in [1.807, 2.05) is 18.2 Å². The highest BCUT2D eigenvalue weighted by Crippen LogP contribution is 2.30. The van der Waals surface area contributed by atoms with E-state index in [0.717, 1.165) is 54.3 Å². The van der Waals surface area contributed by atoms with Crippen molar-refractivity contribution in [1.82, 2.24) is 14.9 Å². The normalized spacial score (nSPS) is 15.1. The van der Waals surface area contributed by atoms with E-state index in [-0.39, 0.29) is 5.91 Å². The molecule has 1 aromatic carbocycles. The first-order chi connectivity index (χ1) is 13.6. The maximum atomic E-state index is 12.5. The Balaban J connectivity index is 1.36. The quantitative estimate of drug-likeness (QED) is 0.718. The molecule has 7 heteroatoms. The van der Waals surface area contributed by atoms with Gasteiger partial charge in [-0.3, -0.25) is 9.69 Å². The predicted octanol–water partition coefficient (Wildman–Crippen LogP) is 3.32. The zero-order valence-electron chi connectivity index (χ0n) is 16.3. The Hall–Kier alpha value is -2.51. The molecule has 0 bridgehead atoms. The molecule has 1 saturated heterocycles. The summed E-state index contributed by atoms with van der Waals surface area (Å²) in [5, 5.41) is 4.20. The minimum Gasteiger partial charge on any atom is -0.353 e. The molecular weight excluding hydrogens is 370 g/mol. The second kappa shape index (κ2) is 8.24. The van der Waals surface area contributed by atoms with E-state index in [4.69, 9.17) is 0 Å². The lowest BCUT2D eigenvalue weighted by Gasteiger charge is -2.35. The van der Waals surface area contributed by atoms with Crippen molar-refractivity contribution in [2.75, 3.05) is 42.9 Å². The van der Waals surface area contributed by atoms with Crippen LogP contribution in [0.2, 0.25) is 0 Å². The first kappa shape index (κ1) is 18.8. The second-order valence-corrected chi connectivity index (χ2v) is 8.33. The van der Waals surface area contributed by atoms with Crippen LogP contribution in [0, 0.1) is 6.92 Å². The third-order valence-electron chi connectivity index (χ3n) is 5.14. The van der Waals surface area contributed by atoms with Crippen LogP contribution in [-0.2, 0) is 11.2 Å². The highest BCUT2D eigenvalue weighted by Gasteiger charge is 2.22. The molecule has 0 unspecified atom stereocenters. The number of thiophene rings is 1. The van der Waals surface area contributed by atoms with Gasteiger partial charge in [0.1, 0.15) is 17.0 Å². The van der Waals surface area contributed by atoms with Gasteiger partial charge in [0.15, 0.2) is 0 Å². The molecule has 0 radical (unpaired) electrons. The van der Waals surface area contributed by atoms with Gasteiger partial charge in [0.25, 0.3) is 0 Å². The molecule has 0 aliphatic carbocycles. The van der Waals surface area contributed by atoms with Crippen molar-refractivity contribution >= 4 is 39.0 Å². The maximum Gasteiger partial charge on any atom is 0.238 e. The van der Waals surface area contributed by atoms with Crippen molar-refractivity contribution in [2.24, 2.45) is 0 Å². The summed E-state index contributed by atoms with van der Waals surface area (Å²) in [5.74, 6) is 1.06. The highest BCUT2D eigenvalue weighted by atomic mass is 32.1. The third-order valence-corrected chi connectivity index (χ3v) is 6.10. The smallest absolute Gasteiger partial charge is 0.238 e. The first-order valence-electron chi connectivity index (χ1n) is 9.70. The predicted molar refractivity (Wildman–Crippen MR) is 115 cm³/mol. The standard InChI is InChI=1S/C21H25N5OS/c1-3-16-6-4-5-7-18(16)24-19(27)13-25-8-10-26(11-9-25)20-17-12-15(2)28-21(17)23-14-22-20/h4-7,12,14H,3,8-11,13H2,1-2H3,(H,24,27). The molecule has 3 aromatic rings. The Morgan fingerprint density at radius 1 is 1.18 bits per heavy atom. The van der Waals surface area contributed by atoms with Crippen molar-refractivity contribution in [3.05, 3.63) is 47.1 Å². The average molecular weight is 396 g/mol. The Kier molecular flexibility index (Phi) is 5.54. The van der Waals surface area contributed by atoms with Crippen LogP contribution in [0.4, 0.5) is 11.5 Å². The molecule has 4 rings (SSSR count). The lowest BCUT2D eigenvalue weighted by molar-refractivity contribution is -0.117. The van der Waals surface area contributed by atoms with Gasteiger partial charge in [-0.2, -0.15) is 0 Å². The van der Waals surface area contributed by atoms with Gasteiger partial charge in [-0.25, -0.2) is 9.97 Å². The lowest BCUT2D eigenvalue weighted by Crippen LogP contribution is -2.49. The minimum absolute atomic E-state index is 0.0484. The molecule has 3 heterocycles. The molecule has 0 atom stereocenters. The van der Waals surface area contributed by atoms with Crippen LogP contribution in [-0.4, -0.2) is 53.5 Å². The second-order valence-electron chi connectivity index (χ2n) is 7.10. The number of hydrogen-bond acceptors (Lipinski definition) is 6. The highest BCUT2D eigenvalue weighted by molar-refractivity contribution is 7.18. The maximum absolute atomic E-state index is 12.5. The van der Waals surface area contributed by atoms with Gasteiger partial charge < -0.3 is 10.2 Å². The van der Waals surface area contributed by atoms with E-state index < -0.39 is 0 Å². The number of carbonyl (C=O) groups excluding carboxylic acids is 1. The summed E-state index contributed by atoms with van der Waals surface area (Å²) in [6.45, 7) is 8.03. The summed E-state index contributed by atoms with van der Waals surface area (Å²) in [7, 11) is 0.